The summed E-state index contributed by atoms with van der Waals surface area (Å²) in [5.41, 5.74) is 2.23. The molecule has 0 saturated heterocycles. The van der Waals surface area contributed by atoms with E-state index in [1.807, 2.05) is 35.2 Å². The molecule has 0 fully saturated rings. The fourth-order valence-electron chi connectivity index (χ4n) is 4.11. The molecule has 0 bridgehead atoms. The fourth-order valence-corrected chi connectivity index (χ4v) is 4.11. The van der Waals surface area contributed by atoms with Crippen molar-refractivity contribution in [3.8, 4) is 0 Å². The van der Waals surface area contributed by atoms with Gasteiger partial charge in [0.2, 0.25) is 0 Å². The number of fused-ring (bicyclic) bond motifs is 1. The average Bonchev–Trinajstić information content (AvgIpc) is 3.02. The molecular formula is C25H33FN2O. The second-order valence-corrected chi connectivity index (χ2v) is 7.89. The molecule has 1 unspecified atom stereocenters. The van der Waals surface area contributed by atoms with Crippen molar-refractivity contribution in [2.45, 2.75) is 38.5 Å². The van der Waals surface area contributed by atoms with Gasteiger partial charge in [-0.05, 0) is 75.3 Å². The van der Waals surface area contributed by atoms with E-state index in [4.69, 9.17) is 0 Å². The molecule has 4 heteroatoms. The number of rotatable bonds is 7. The molecule has 1 aliphatic heterocycles. The number of carbonyl (C=O) groups excluding carboxylic acids is 1. The first kappa shape index (κ1) is 22.8. The predicted octanol–water partition coefficient (Wildman–Crippen LogP) is 5.67. The van der Waals surface area contributed by atoms with E-state index in [0.717, 1.165) is 43.6 Å². The van der Waals surface area contributed by atoms with Crippen LogP contribution in [0.2, 0.25) is 0 Å². The van der Waals surface area contributed by atoms with Crippen molar-refractivity contribution >= 4 is 11.6 Å². The Morgan fingerprint density at radius 2 is 1.86 bits per heavy atom. The molecule has 0 spiro atoms. The molecule has 3 rings (SSSR count). The van der Waals surface area contributed by atoms with E-state index in [1.165, 1.54) is 6.07 Å². The molecular weight excluding hydrogens is 363 g/mol. The van der Waals surface area contributed by atoms with Crippen LogP contribution in [0.1, 0.15) is 49.0 Å². The van der Waals surface area contributed by atoms with Gasteiger partial charge >= 0.3 is 0 Å². The van der Waals surface area contributed by atoms with Crippen LogP contribution >= 0.6 is 0 Å². The topological polar surface area (TPSA) is 23.6 Å². The molecule has 2 aromatic carbocycles. The minimum absolute atomic E-state index is 0.0183. The summed E-state index contributed by atoms with van der Waals surface area (Å²) in [6.07, 6.45) is 3.09. The molecule has 0 N–H and O–H groups in total. The Labute approximate surface area is 174 Å². The summed E-state index contributed by atoms with van der Waals surface area (Å²) in [5, 5.41) is 0. The number of hydrogen-bond donors (Lipinski definition) is 0. The third-order valence-corrected chi connectivity index (χ3v) is 5.55. The highest BCUT2D eigenvalue weighted by molar-refractivity contribution is 6.07. The lowest BCUT2D eigenvalue weighted by atomic mass is 9.80. The van der Waals surface area contributed by atoms with Gasteiger partial charge in [-0.25, -0.2) is 4.39 Å². The van der Waals surface area contributed by atoms with E-state index in [-0.39, 0.29) is 17.1 Å². The highest BCUT2D eigenvalue weighted by Gasteiger charge is 2.41. The summed E-state index contributed by atoms with van der Waals surface area (Å²) in [7, 11) is 2.14. The normalized spacial score (nSPS) is 17.6. The maximum atomic E-state index is 14.0. The van der Waals surface area contributed by atoms with E-state index in [0.29, 0.717) is 12.1 Å². The van der Waals surface area contributed by atoms with Crippen LogP contribution in [0.5, 0.6) is 0 Å². The lowest BCUT2D eigenvalue weighted by molar-refractivity contribution is 0.0984. The molecule has 156 valence electrons. The SMILES string of the molecule is C=C.CCCN(C)CCCC1(C)CN(C(=O)c2ccccc2)c2ccc(F)cc21. The average molecular weight is 397 g/mol. The third-order valence-electron chi connectivity index (χ3n) is 5.55. The van der Waals surface area contributed by atoms with Crippen molar-refractivity contribution < 1.29 is 9.18 Å². The van der Waals surface area contributed by atoms with Gasteiger partial charge in [0, 0.05) is 23.2 Å². The molecule has 1 heterocycles. The zero-order chi connectivity index (χ0) is 21.4. The molecule has 0 saturated carbocycles. The standard InChI is InChI=1S/C23H29FN2O.C2H4/c1-4-14-25(3)15-8-13-23(2)17-26(21-12-11-19(24)16-20(21)23)22(27)18-9-6-5-7-10-18;1-2/h5-7,9-12,16H,4,8,13-15,17H2,1-3H3;1-2H2. The van der Waals surface area contributed by atoms with Crippen LogP contribution in [0.4, 0.5) is 10.1 Å². The third kappa shape index (κ3) is 5.33. The van der Waals surface area contributed by atoms with Crippen LogP contribution in [0.3, 0.4) is 0 Å². The van der Waals surface area contributed by atoms with Crippen LogP contribution in [0.25, 0.3) is 0 Å². The van der Waals surface area contributed by atoms with Crippen molar-refractivity contribution in [3.05, 3.63) is 78.6 Å². The van der Waals surface area contributed by atoms with Crippen LogP contribution in [-0.2, 0) is 5.41 Å². The van der Waals surface area contributed by atoms with Gasteiger partial charge in [-0.3, -0.25) is 4.79 Å². The fraction of sp³-hybridized carbons (Fsp3) is 0.400. The predicted molar refractivity (Wildman–Crippen MR) is 120 cm³/mol. The number of amides is 1. The molecule has 0 radical (unpaired) electrons. The quantitative estimate of drug-likeness (QED) is 0.563. The van der Waals surface area contributed by atoms with E-state index in [2.05, 4.69) is 39.0 Å². The van der Waals surface area contributed by atoms with Crippen LogP contribution in [-0.4, -0.2) is 37.5 Å². The zero-order valence-electron chi connectivity index (χ0n) is 18.0. The van der Waals surface area contributed by atoms with Gasteiger partial charge in [0.05, 0.1) is 0 Å². The summed E-state index contributed by atoms with van der Waals surface area (Å²) in [5.74, 6) is -0.257. The summed E-state index contributed by atoms with van der Waals surface area (Å²) < 4.78 is 14.0. The Morgan fingerprint density at radius 3 is 2.52 bits per heavy atom. The number of benzene rings is 2. The lowest BCUT2D eigenvalue weighted by Gasteiger charge is -2.27. The molecule has 1 amide bonds. The number of nitrogens with zero attached hydrogens (tertiary/aromatic N) is 2. The largest absolute Gasteiger partial charge is 0.307 e. The lowest BCUT2D eigenvalue weighted by Crippen LogP contribution is -2.36. The van der Waals surface area contributed by atoms with E-state index >= 15 is 0 Å². The first-order valence-corrected chi connectivity index (χ1v) is 10.3. The van der Waals surface area contributed by atoms with E-state index < -0.39 is 0 Å². The number of hydrogen-bond acceptors (Lipinski definition) is 2. The van der Waals surface area contributed by atoms with Gasteiger partial charge in [-0.15, -0.1) is 13.2 Å². The first-order valence-electron chi connectivity index (χ1n) is 10.3. The van der Waals surface area contributed by atoms with E-state index in [1.54, 1.807) is 12.1 Å². The van der Waals surface area contributed by atoms with Crippen molar-refractivity contribution in [3.63, 3.8) is 0 Å². The van der Waals surface area contributed by atoms with Gasteiger partial charge in [0.25, 0.3) is 5.91 Å². The monoisotopic (exact) mass is 396 g/mol. The number of halogens is 1. The Balaban J connectivity index is 0.00000145. The Kier molecular flexibility index (Phi) is 8.15. The second kappa shape index (κ2) is 10.4. The zero-order valence-corrected chi connectivity index (χ0v) is 18.0. The van der Waals surface area contributed by atoms with Gasteiger partial charge < -0.3 is 9.80 Å². The molecule has 29 heavy (non-hydrogen) atoms. The Bertz CT molecular complexity index is 808. The summed E-state index contributed by atoms with van der Waals surface area (Å²) in [4.78, 5) is 17.2. The van der Waals surface area contributed by atoms with Crippen LogP contribution in [0.15, 0.2) is 61.7 Å². The maximum Gasteiger partial charge on any atom is 0.258 e. The molecule has 0 aromatic heterocycles. The Morgan fingerprint density at radius 1 is 1.17 bits per heavy atom. The van der Waals surface area contributed by atoms with Crippen molar-refractivity contribution in [1.29, 1.82) is 0 Å². The van der Waals surface area contributed by atoms with Gasteiger partial charge in [-0.1, -0.05) is 32.0 Å². The van der Waals surface area contributed by atoms with Gasteiger partial charge in [0.15, 0.2) is 0 Å². The Hall–Kier alpha value is -2.46. The summed E-state index contributed by atoms with van der Waals surface area (Å²) in [6.45, 7) is 13.0. The number of carbonyl (C=O) groups is 1. The van der Waals surface area contributed by atoms with Crippen molar-refractivity contribution in [1.82, 2.24) is 4.90 Å². The highest BCUT2D eigenvalue weighted by Crippen LogP contribution is 2.44. The molecule has 2 aromatic rings. The second-order valence-electron chi connectivity index (χ2n) is 7.89. The molecule has 1 atom stereocenters. The molecule has 0 aliphatic carbocycles. The first-order chi connectivity index (χ1) is 13.9. The maximum absolute atomic E-state index is 14.0. The van der Waals surface area contributed by atoms with Crippen LogP contribution < -0.4 is 4.90 Å². The smallest absolute Gasteiger partial charge is 0.258 e. The summed E-state index contributed by atoms with van der Waals surface area (Å²) in [6, 6.07) is 14.1. The van der Waals surface area contributed by atoms with Gasteiger partial charge in [0.1, 0.15) is 5.82 Å². The minimum atomic E-state index is -0.239. The van der Waals surface area contributed by atoms with E-state index in [9.17, 15) is 9.18 Å². The summed E-state index contributed by atoms with van der Waals surface area (Å²) >= 11 is 0. The molecule has 1 aliphatic rings. The highest BCUT2D eigenvalue weighted by atomic mass is 19.1. The van der Waals surface area contributed by atoms with Crippen molar-refractivity contribution in [2.75, 3.05) is 31.6 Å². The minimum Gasteiger partial charge on any atom is -0.307 e. The van der Waals surface area contributed by atoms with Crippen LogP contribution in [0, 0.1) is 5.82 Å². The molecule has 3 nitrogen and oxygen atoms in total. The van der Waals surface area contributed by atoms with Gasteiger partial charge in [-0.2, -0.15) is 0 Å². The number of anilines is 1. The van der Waals surface area contributed by atoms with Crippen molar-refractivity contribution in [2.24, 2.45) is 0 Å².